The summed E-state index contributed by atoms with van der Waals surface area (Å²) in [4.78, 5) is 17.6. The van der Waals surface area contributed by atoms with E-state index >= 15 is 0 Å². The van der Waals surface area contributed by atoms with Crippen molar-refractivity contribution in [3.8, 4) is 0 Å². The molecule has 0 atom stereocenters. The van der Waals surface area contributed by atoms with Crippen LogP contribution in [0.15, 0.2) is 48.9 Å². The monoisotopic (exact) mass is 395 g/mol. The highest BCUT2D eigenvalue weighted by atomic mass is 35.5. The highest BCUT2D eigenvalue weighted by Gasteiger charge is 2.22. The fraction of sp³-hybridized carbons (Fsp3) is 0.250. The van der Waals surface area contributed by atoms with E-state index in [1.165, 1.54) is 0 Å². The van der Waals surface area contributed by atoms with Gasteiger partial charge in [0.2, 0.25) is 0 Å². The number of benzene rings is 1. The van der Waals surface area contributed by atoms with E-state index < -0.39 is 0 Å². The number of nitrogens with two attached hydrogens (primary N) is 1. The van der Waals surface area contributed by atoms with Crippen molar-refractivity contribution in [2.75, 3.05) is 47.0 Å². The molecular formula is C20H22ClN7. The first kappa shape index (κ1) is 18.3. The molecule has 2 aromatic heterocycles. The molecule has 0 radical (unpaired) electrons. The number of nitrogens with one attached hydrogen (secondary N) is 1. The van der Waals surface area contributed by atoms with Gasteiger partial charge in [0, 0.05) is 43.1 Å². The number of aryl methyl sites for hydroxylation is 1. The summed E-state index contributed by atoms with van der Waals surface area (Å²) >= 11 is 6.12. The van der Waals surface area contributed by atoms with Crippen molar-refractivity contribution in [2.45, 2.75) is 6.92 Å². The van der Waals surface area contributed by atoms with Crippen molar-refractivity contribution in [1.29, 1.82) is 0 Å². The second-order valence-corrected chi connectivity index (χ2v) is 7.14. The highest BCUT2D eigenvalue weighted by Crippen LogP contribution is 2.31. The van der Waals surface area contributed by atoms with Gasteiger partial charge in [0.1, 0.15) is 17.8 Å². The van der Waals surface area contributed by atoms with Crippen LogP contribution in [0, 0.1) is 6.92 Å². The molecular weight excluding hydrogens is 374 g/mol. The summed E-state index contributed by atoms with van der Waals surface area (Å²) in [6, 6.07) is 11.6. The summed E-state index contributed by atoms with van der Waals surface area (Å²) in [6.45, 7) is 5.35. The molecule has 0 saturated carbocycles. The molecule has 3 aromatic rings. The molecule has 3 heterocycles. The summed E-state index contributed by atoms with van der Waals surface area (Å²) in [5.41, 5.74) is 8.88. The van der Waals surface area contributed by atoms with Crippen LogP contribution < -0.4 is 20.9 Å². The van der Waals surface area contributed by atoms with Gasteiger partial charge in [-0.25, -0.2) is 15.0 Å². The van der Waals surface area contributed by atoms with Crippen LogP contribution in [0.1, 0.15) is 5.56 Å². The fourth-order valence-electron chi connectivity index (χ4n) is 3.28. The Hall–Kier alpha value is -3.06. The van der Waals surface area contributed by atoms with E-state index in [4.69, 9.17) is 17.3 Å². The maximum absolute atomic E-state index is 6.41. The molecule has 0 amide bonds. The minimum Gasteiger partial charge on any atom is -0.393 e. The van der Waals surface area contributed by atoms with Crippen LogP contribution in [-0.2, 0) is 0 Å². The Kier molecular flexibility index (Phi) is 5.16. The fourth-order valence-corrected chi connectivity index (χ4v) is 3.45. The van der Waals surface area contributed by atoms with Gasteiger partial charge >= 0.3 is 0 Å². The molecule has 1 aromatic carbocycles. The number of piperazine rings is 1. The molecule has 0 spiro atoms. The number of nitrogens with zero attached hydrogens (tertiary/aromatic N) is 5. The van der Waals surface area contributed by atoms with Crippen molar-refractivity contribution in [3.63, 3.8) is 0 Å². The van der Waals surface area contributed by atoms with E-state index in [0.29, 0.717) is 16.5 Å². The molecule has 1 aliphatic rings. The minimum absolute atomic E-state index is 0.535. The number of hydrogen-bond acceptors (Lipinski definition) is 7. The zero-order valence-corrected chi connectivity index (χ0v) is 16.4. The van der Waals surface area contributed by atoms with Crippen molar-refractivity contribution < 1.29 is 0 Å². The maximum Gasteiger partial charge on any atom is 0.159 e. The second-order valence-electron chi connectivity index (χ2n) is 6.71. The van der Waals surface area contributed by atoms with Crippen molar-refractivity contribution in [1.82, 2.24) is 15.0 Å². The molecule has 1 aliphatic heterocycles. The van der Waals surface area contributed by atoms with Gasteiger partial charge in [-0.1, -0.05) is 23.7 Å². The molecule has 4 rings (SSSR count). The highest BCUT2D eigenvalue weighted by molar-refractivity contribution is 6.30. The van der Waals surface area contributed by atoms with Gasteiger partial charge in [-0.3, -0.25) is 0 Å². The standard InChI is InChI=1S/C20H22ClN7/c1-14-5-6-15(21)12-16(14)26-19-18(22)20(25-13-24-19)28-10-8-27(9-11-28)17-4-2-3-7-23-17/h2-7,12-13H,8-11,22H2,1H3,(H,24,25,26). The Morgan fingerprint density at radius 1 is 1.00 bits per heavy atom. The lowest BCUT2D eigenvalue weighted by atomic mass is 10.2. The number of aromatic nitrogens is 3. The van der Waals surface area contributed by atoms with Crippen LogP contribution in [-0.4, -0.2) is 41.1 Å². The Balaban J connectivity index is 1.50. The van der Waals surface area contributed by atoms with Crippen LogP contribution in [0.4, 0.5) is 28.8 Å². The Morgan fingerprint density at radius 3 is 2.54 bits per heavy atom. The average Bonchev–Trinajstić information content (AvgIpc) is 2.73. The molecule has 1 saturated heterocycles. The van der Waals surface area contributed by atoms with Gasteiger partial charge in [-0.15, -0.1) is 0 Å². The third-order valence-corrected chi connectivity index (χ3v) is 5.10. The minimum atomic E-state index is 0.535. The van der Waals surface area contributed by atoms with Gasteiger partial charge in [0.05, 0.1) is 0 Å². The quantitative estimate of drug-likeness (QED) is 0.699. The third-order valence-electron chi connectivity index (χ3n) is 4.87. The molecule has 0 unspecified atom stereocenters. The first-order valence-corrected chi connectivity index (χ1v) is 9.54. The van der Waals surface area contributed by atoms with E-state index in [2.05, 4.69) is 30.1 Å². The van der Waals surface area contributed by atoms with E-state index in [9.17, 15) is 0 Å². The summed E-state index contributed by atoms with van der Waals surface area (Å²) in [6.07, 6.45) is 3.36. The van der Waals surface area contributed by atoms with Gasteiger partial charge in [-0.2, -0.15) is 0 Å². The van der Waals surface area contributed by atoms with Crippen LogP contribution in [0.25, 0.3) is 0 Å². The van der Waals surface area contributed by atoms with Crippen LogP contribution in [0.2, 0.25) is 5.02 Å². The van der Waals surface area contributed by atoms with Crippen LogP contribution in [0.5, 0.6) is 0 Å². The molecule has 0 bridgehead atoms. The van der Waals surface area contributed by atoms with E-state index in [-0.39, 0.29) is 0 Å². The van der Waals surface area contributed by atoms with Crippen molar-refractivity contribution in [3.05, 3.63) is 59.5 Å². The molecule has 0 aliphatic carbocycles. The summed E-state index contributed by atoms with van der Waals surface area (Å²) in [5, 5.41) is 3.95. The van der Waals surface area contributed by atoms with Crippen molar-refractivity contribution in [2.24, 2.45) is 0 Å². The molecule has 1 fully saturated rings. The largest absolute Gasteiger partial charge is 0.393 e. The zero-order chi connectivity index (χ0) is 19.5. The summed E-state index contributed by atoms with van der Waals surface area (Å²) < 4.78 is 0. The topological polar surface area (TPSA) is 83.2 Å². The lowest BCUT2D eigenvalue weighted by Crippen LogP contribution is -2.47. The normalized spacial score (nSPS) is 14.2. The maximum atomic E-state index is 6.41. The van der Waals surface area contributed by atoms with Gasteiger partial charge in [-0.05, 0) is 36.8 Å². The van der Waals surface area contributed by atoms with E-state index in [1.54, 1.807) is 6.33 Å². The summed E-state index contributed by atoms with van der Waals surface area (Å²) in [5.74, 6) is 2.33. The van der Waals surface area contributed by atoms with Crippen LogP contribution in [0.3, 0.4) is 0 Å². The predicted octanol–water partition coefficient (Wildman–Crippen LogP) is 3.49. The number of anilines is 5. The molecule has 144 valence electrons. The Labute approximate surface area is 169 Å². The number of hydrogen-bond donors (Lipinski definition) is 2. The zero-order valence-electron chi connectivity index (χ0n) is 15.6. The predicted molar refractivity (Wildman–Crippen MR) is 115 cm³/mol. The molecule has 28 heavy (non-hydrogen) atoms. The Bertz CT molecular complexity index is 956. The number of pyridine rings is 1. The number of rotatable bonds is 4. The lowest BCUT2D eigenvalue weighted by molar-refractivity contribution is 0.642. The number of nitrogen functional groups attached to an aromatic ring is 1. The summed E-state index contributed by atoms with van der Waals surface area (Å²) in [7, 11) is 0. The van der Waals surface area contributed by atoms with Gasteiger partial charge < -0.3 is 20.9 Å². The average molecular weight is 396 g/mol. The van der Waals surface area contributed by atoms with Gasteiger partial charge in [0.15, 0.2) is 11.6 Å². The molecule has 3 N–H and O–H groups in total. The van der Waals surface area contributed by atoms with E-state index in [1.807, 2.05) is 49.5 Å². The molecule has 8 heteroatoms. The number of halogens is 1. The van der Waals surface area contributed by atoms with Crippen molar-refractivity contribution >= 4 is 40.4 Å². The van der Waals surface area contributed by atoms with E-state index in [0.717, 1.165) is 49.1 Å². The van der Waals surface area contributed by atoms with Gasteiger partial charge in [0.25, 0.3) is 0 Å². The Morgan fingerprint density at radius 2 is 1.79 bits per heavy atom. The SMILES string of the molecule is Cc1ccc(Cl)cc1Nc1ncnc(N2CCN(c3ccccn3)CC2)c1N. The third kappa shape index (κ3) is 3.80. The first-order valence-electron chi connectivity index (χ1n) is 9.16. The first-order chi connectivity index (χ1) is 13.6. The lowest BCUT2D eigenvalue weighted by Gasteiger charge is -2.36. The second kappa shape index (κ2) is 7.90. The van der Waals surface area contributed by atoms with Crippen LogP contribution >= 0.6 is 11.6 Å². The molecule has 7 nitrogen and oxygen atoms in total. The smallest absolute Gasteiger partial charge is 0.159 e.